The molecule has 1 aliphatic carbocycles. The van der Waals surface area contributed by atoms with Crippen molar-refractivity contribution in [3.8, 4) is 0 Å². The molecule has 0 amide bonds. The first-order valence-corrected chi connectivity index (χ1v) is 8.51. The van der Waals surface area contributed by atoms with E-state index in [2.05, 4.69) is 50.4 Å². The molecular weight excluding hydrogens is 242 g/mol. The lowest BCUT2D eigenvalue weighted by atomic mass is 9.70. The van der Waals surface area contributed by atoms with E-state index in [1.54, 1.807) is 5.56 Å². The number of nitrogens with one attached hydrogen (secondary N) is 1. The highest BCUT2D eigenvalue weighted by Gasteiger charge is 2.30. The molecule has 0 aromatic heterocycles. The van der Waals surface area contributed by atoms with Gasteiger partial charge in [-0.3, -0.25) is 0 Å². The van der Waals surface area contributed by atoms with Gasteiger partial charge >= 0.3 is 0 Å². The van der Waals surface area contributed by atoms with Crippen molar-refractivity contribution < 1.29 is 0 Å². The molecule has 3 unspecified atom stereocenters. The topological polar surface area (TPSA) is 12.0 Å². The van der Waals surface area contributed by atoms with Crippen LogP contribution in [-0.2, 0) is 0 Å². The Kier molecular flexibility index (Phi) is 6.09. The molecule has 0 spiro atoms. The zero-order chi connectivity index (χ0) is 14.4. The van der Waals surface area contributed by atoms with Gasteiger partial charge in [-0.2, -0.15) is 0 Å². The predicted octanol–water partition coefficient (Wildman–Crippen LogP) is 4.90. The van der Waals surface area contributed by atoms with Gasteiger partial charge in [0.05, 0.1) is 0 Å². The Bertz CT molecular complexity index is 397. The van der Waals surface area contributed by atoms with Crippen LogP contribution in [0.4, 0.5) is 0 Å². The molecule has 2 rings (SSSR count). The van der Waals surface area contributed by atoms with E-state index in [9.17, 15) is 0 Å². The lowest BCUT2D eigenvalue weighted by Crippen LogP contribution is -2.32. The second kappa shape index (κ2) is 7.83. The van der Waals surface area contributed by atoms with Crippen molar-refractivity contribution in [3.63, 3.8) is 0 Å². The molecule has 0 saturated heterocycles. The summed E-state index contributed by atoms with van der Waals surface area (Å²) >= 11 is 0. The maximum atomic E-state index is 3.65. The van der Waals surface area contributed by atoms with Crippen LogP contribution in [-0.4, -0.2) is 13.1 Å². The summed E-state index contributed by atoms with van der Waals surface area (Å²) in [5, 5.41) is 3.65. The number of hydrogen-bond acceptors (Lipinski definition) is 1. The molecule has 1 N–H and O–H groups in total. The largest absolute Gasteiger partial charge is 0.316 e. The van der Waals surface area contributed by atoms with Crippen LogP contribution in [0.15, 0.2) is 24.3 Å². The van der Waals surface area contributed by atoms with Crippen LogP contribution in [0.5, 0.6) is 0 Å². The molecule has 1 nitrogen and oxygen atoms in total. The lowest BCUT2D eigenvalue weighted by molar-refractivity contribution is 0.226. The van der Waals surface area contributed by atoms with Crippen LogP contribution in [0.3, 0.4) is 0 Å². The summed E-state index contributed by atoms with van der Waals surface area (Å²) in [6.45, 7) is 9.18. The van der Waals surface area contributed by atoms with Crippen LogP contribution in [0, 0.1) is 18.8 Å². The fourth-order valence-corrected chi connectivity index (χ4v) is 3.71. The van der Waals surface area contributed by atoms with Gasteiger partial charge < -0.3 is 5.32 Å². The van der Waals surface area contributed by atoms with Crippen molar-refractivity contribution >= 4 is 0 Å². The van der Waals surface area contributed by atoms with Crippen molar-refractivity contribution in [2.75, 3.05) is 13.1 Å². The summed E-state index contributed by atoms with van der Waals surface area (Å²) in [4.78, 5) is 0. The van der Waals surface area contributed by atoms with E-state index in [-0.39, 0.29) is 0 Å². The Morgan fingerprint density at radius 1 is 1.20 bits per heavy atom. The first-order valence-electron chi connectivity index (χ1n) is 8.51. The maximum Gasteiger partial charge on any atom is -0.00147 e. The minimum absolute atomic E-state index is 0.762. The standard InChI is InChI=1S/C19H31N/c1-4-11-20-14-18-10-9-16(5-2)13-19(18)17-8-6-7-15(3)12-17/h6-8,12,16,18-20H,4-5,9-11,13-14H2,1-3H3. The normalized spacial score (nSPS) is 26.6. The molecular formula is C19H31N. The highest BCUT2D eigenvalue weighted by molar-refractivity contribution is 5.26. The van der Waals surface area contributed by atoms with Gasteiger partial charge in [-0.05, 0) is 62.6 Å². The molecule has 1 saturated carbocycles. The molecule has 0 bridgehead atoms. The molecule has 1 heteroatoms. The van der Waals surface area contributed by atoms with Crippen LogP contribution < -0.4 is 5.32 Å². The Labute approximate surface area is 125 Å². The molecule has 0 radical (unpaired) electrons. The molecule has 3 atom stereocenters. The van der Waals surface area contributed by atoms with Crippen LogP contribution in [0.1, 0.15) is 63.0 Å². The van der Waals surface area contributed by atoms with Gasteiger partial charge in [0.15, 0.2) is 0 Å². The summed E-state index contributed by atoms with van der Waals surface area (Å²) in [6, 6.07) is 9.21. The van der Waals surface area contributed by atoms with E-state index in [1.165, 1.54) is 44.2 Å². The van der Waals surface area contributed by atoms with Crippen LogP contribution >= 0.6 is 0 Å². The Balaban J connectivity index is 2.09. The summed E-state index contributed by atoms with van der Waals surface area (Å²) in [7, 11) is 0. The van der Waals surface area contributed by atoms with Crippen molar-refractivity contribution in [3.05, 3.63) is 35.4 Å². The minimum Gasteiger partial charge on any atom is -0.316 e. The zero-order valence-corrected chi connectivity index (χ0v) is 13.5. The van der Waals surface area contributed by atoms with Gasteiger partial charge in [-0.1, -0.05) is 56.5 Å². The first-order chi connectivity index (χ1) is 9.74. The fraction of sp³-hybridized carbons (Fsp3) is 0.684. The van der Waals surface area contributed by atoms with E-state index in [0.717, 1.165) is 24.3 Å². The highest BCUT2D eigenvalue weighted by atomic mass is 14.9. The Hall–Kier alpha value is -0.820. The summed E-state index contributed by atoms with van der Waals surface area (Å²) in [6.07, 6.45) is 6.79. The SMILES string of the molecule is CCCNCC1CCC(CC)CC1c1cccc(C)c1. The van der Waals surface area contributed by atoms with Gasteiger partial charge in [-0.15, -0.1) is 0 Å². The number of rotatable bonds is 6. The monoisotopic (exact) mass is 273 g/mol. The van der Waals surface area contributed by atoms with Crippen molar-refractivity contribution in [1.82, 2.24) is 5.32 Å². The second-order valence-corrected chi connectivity index (χ2v) is 6.57. The van der Waals surface area contributed by atoms with Crippen LogP contribution in [0.2, 0.25) is 0 Å². The number of aryl methyl sites for hydroxylation is 1. The Morgan fingerprint density at radius 2 is 2.05 bits per heavy atom. The summed E-state index contributed by atoms with van der Waals surface area (Å²) < 4.78 is 0. The van der Waals surface area contributed by atoms with Crippen LogP contribution in [0.25, 0.3) is 0 Å². The average molecular weight is 273 g/mol. The van der Waals surface area contributed by atoms with Crippen molar-refractivity contribution in [1.29, 1.82) is 0 Å². The highest BCUT2D eigenvalue weighted by Crippen LogP contribution is 2.41. The first kappa shape index (κ1) is 15.6. The van der Waals surface area contributed by atoms with Crippen molar-refractivity contribution in [2.45, 2.75) is 58.8 Å². The zero-order valence-electron chi connectivity index (χ0n) is 13.5. The fourth-order valence-electron chi connectivity index (χ4n) is 3.71. The third-order valence-electron chi connectivity index (χ3n) is 4.98. The minimum atomic E-state index is 0.762. The van der Waals surface area contributed by atoms with E-state index in [4.69, 9.17) is 0 Å². The molecule has 112 valence electrons. The Morgan fingerprint density at radius 3 is 2.75 bits per heavy atom. The van der Waals surface area contributed by atoms with Crippen molar-refractivity contribution in [2.24, 2.45) is 11.8 Å². The van der Waals surface area contributed by atoms with Gasteiger partial charge in [0.25, 0.3) is 0 Å². The molecule has 0 heterocycles. The third-order valence-corrected chi connectivity index (χ3v) is 4.98. The van der Waals surface area contributed by atoms with Gasteiger partial charge in [-0.25, -0.2) is 0 Å². The molecule has 1 fully saturated rings. The summed E-state index contributed by atoms with van der Waals surface area (Å²) in [5.74, 6) is 2.52. The average Bonchev–Trinajstić information content (AvgIpc) is 2.48. The van der Waals surface area contributed by atoms with E-state index in [1.807, 2.05) is 0 Å². The predicted molar refractivity (Wildman–Crippen MR) is 88.2 cm³/mol. The van der Waals surface area contributed by atoms with E-state index < -0.39 is 0 Å². The van der Waals surface area contributed by atoms with Gasteiger partial charge in [0.1, 0.15) is 0 Å². The molecule has 0 aliphatic heterocycles. The molecule has 1 aliphatic rings. The molecule has 1 aromatic rings. The molecule has 1 aromatic carbocycles. The smallest absolute Gasteiger partial charge is 0.00147 e. The lowest BCUT2D eigenvalue weighted by Gasteiger charge is -2.36. The number of hydrogen-bond donors (Lipinski definition) is 1. The van der Waals surface area contributed by atoms with E-state index in [0.29, 0.717) is 0 Å². The van der Waals surface area contributed by atoms with Gasteiger partial charge in [0.2, 0.25) is 0 Å². The quantitative estimate of drug-likeness (QED) is 0.727. The molecule has 20 heavy (non-hydrogen) atoms. The van der Waals surface area contributed by atoms with Gasteiger partial charge in [0, 0.05) is 0 Å². The second-order valence-electron chi connectivity index (χ2n) is 6.57. The van der Waals surface area contributed by atoms with E-state index >= 15 is 0 Å². The summed E-state index contributed by atoms with van der Waals surface area (Å²) in [5.41, 5.74) is 2.98. The maximum absolute atomic E-state index is 3.65. The third kappa shape index (κ3) is 4.09. The number of benzene rings is 1.